The van der Waals surface area contributed by atoms with E-state index in [4.69, 9.17) is 14.2 Å². The number of aromatic nitrogens is 1. The standard InChI is InChI=1S/C21H29N3O4/c1-6-10-24(11-7-2)19-12-15(8-9-22-19)21(25)23-16-13-17(26-3)20(28-5)18(14-16)27-4/h8-9,12-14H,6-7,10-11H2,1-5H3,(H,23,25). The van der Waals surface area contributed by atoms with E-state index >= 15 is 0 Å². The highest BCUT2D eigenvalue weighted by Crippen LogP contribution is 2.40. The van der Waals surface area contributed by atoms with Gasteiger partial charge in [-0.3, -0.25) is 4.79 Å². The van der Waals surface area contributed by atoms with Crippen molar-refractivity contribution in [2.75, 3.05) is 44.6 Å². The number of carbonyl (C=O) groups is 1. The first-order valence-electron chi connectivity index (χ1n) is 9.40. The molecule has 1 N–H and O–H groups in total. The maximum atomic E-state index is 12.8. The second-order valence-electron chi connectivity index (χ2n) is 6.26. The number of rotatable bonds is 10. The zero-order valence-electron chi connectivity index (χ0n) is 17.2. The minimum absolute atomic E-state index is 0.231. The average Bonchev–Trinajstić information content (AvgIpc) is 2.72. The van der Waals surface area contributed by atoms with Crippen molar-refractivity contribution < 1.29 is 19.0 Å². The number of nitrogens with zero attached hydrogens (tertiary/aromatic N) is 2. The fraction of sp³-hybridized carbons (Fsp3) is 0.429. The van der Waals surface area contributed by atoms with Gasteiger partial charge in [0.2, 0.25) is 5.75 Å². The lowest BCUT2D eigenvalue weighted by Gasteiger charge is -2.22. The number of pyridine rings is 1. The maximum absolute atomic E-state index is 12.8. The molecular formula is C21H29N3O4. The molecule has 7 nitrogen and oxygen atoms in total. The van der Waals surface area contributed by atoms with Crippen LogP contribution < -0.4 is 24.4 Å². The molecule has 1 heterocycles. The highest BCUT2D eigenvalue weighted by atomic mass is 16.5. The molecule has 0 aliphatic rings. The van der Waals surface area contributed by atoms with Gasteiger partial charge in [0.1, 0.15) is 5.82 Å². The third-order valence-corrected chi connectivity index (χ3v) is 4.24. The third-order valence-electron chi connectivity index (χ3n) is 4.24. The Balaban J connectivity index is 2.27. The van der Waals surface area contributed by atoms with Crippen molar-refractivity contribution in [1.82, 2.24) is 4.98 Å². The van der Waals surface area contributed by atoms with Crippen LogP contribution in [0.5, 0.6) is 17.2 Å². The minimum Gasteiger partial charge on any atom is -0.493 e. The summed E-state index contributed by atoms with van der Waals surface area (Å²) in [5.74, 6) is 2.00. The van der Waals surface area contributed by atoms with E-state index in [1.54, 1.807) is 24.4 Å². The number of benzene rings is 1. The Morgan fingerprint density at radius 3 is 2.11 bits per heavy atom. The van der Waals surface area contributed by atoms with E-state index in [9.17, 15) is 4.79 Å². The third kappa shape index (κ3) is 5.06. The molecule has 2 aromatic rings. The fourth-order valence-corrected chi connectivity index (χ4v) is 2.97. The summed E-state index contributed by atoms with van der Waals surface area (Å²) in [7, 11) is 4.61. The number of hydrogen-bond acceptors (Lipinski definition) is 6. The summed E-state index contributed by atoms with van der Waals surface area (Å²) in [5.41, 5.74) is 1.09. The van der Waals surface area contributed by atoms with Crippen LogP contribution in [-0.4, -0.2) is 45.3 Å². The number of ether oxygens (including phenoxy) is 3. The molecule has 1 aromatic heterocycles. The Morgan fingerprint density at radius 2 is 1.61 bits per heavy atom. The van der Waals surface area contributed by atoms with Gasteiger partial charge in [-0.1, -0.05) is 13.8 Å². The minimum atomic E-state index is -0.231. The molecule has 2 rings (SSSR count). The summed E-state index contributed by atoms with van der Waals surface area (Å²) in [6.45, 7) is 6.06. The van der Waals surface area contributed by atoms with Gasteiger partial charge in [0.25, 0.3) is 5.91 Å². The summed E-state index contributed by atoms with van der Waals surface area (Å²) < 4.78 is 16.0. The Bertz CT molecular complexity index is 764. The van der Waals surface area contributed by atoms with E-state index in [0.717, 1.165) is 31.7 Å². The number of carbonyl (C=O) groups excluding carboxylic acids is 1. The van der Waals surface area contributed by atoms with Gasteiger partial charge in [-0.2, -0.15) is 0 Å². The molecule has 0 unspecified atom stereocenters. The summed E-state index contributed by atoms with van der Waals surface area (Å²) in [4.78, 5) is 19.4. The van der Waals surface area contributed by atoms with E-state index in [0.29, 0.717) is 28.5 Å². The Hall–Kier alpha value is -2.96. The first-order chi connectivity index (χ1) is 13.6. The van der Waals surface area contributed by atoms with Crippen LogP contribution in [0.15, 0.2) is 30.5 Å². The Labute approximate surface area is 166 Å². The quantitative estimate of drug-likeness (QED) is 0.665. The summed E-state index contributed by atoms with van der Waals surface area (Å²) >= 11 is 0. The van der Waals surface area contributed by atoms with E-state index in [-0.39, 0.29) is 5.91 Å². The first kappa shape index (κ1) is 21.3. The van der Waals surface area contributed by atoms with Gasteiger partial charge >= 0.3 is 0 Å². The zero-order chi connectivity index (χ0) is 20.5. The zero-order valence-corrected chi connectivity index (χ0v) is 17.2. The van der Waals surface area contributed by atoms with Crippen molar-refractivity contribution in [2.24, 2.45) is 0 Å². The predicted octanol–water partition coefficient (Wildman–Crippen LogP) is 3.99. The smallest absolute Gasteiger partial charge is 0.255 e. The molecule has 0 fully saturated rings. The van der Waals surface area contributed by atoms with Crippen molar-refractivity contribution in [3.8, 4) is 17.2 Å². The molecule has 0 atom stereocenters. The predicted molar refractivity (Wildman–Crippen MR) is 111 cm³/mol. The molecular weight excluding hydrogens is 358 g/mol. The Kier molecular flexibility index (Phi) is 7.92. The van der Waals surface area contributed by atoms with Crippen molar-refractivity contribution in [3.05, 3.63) is 36.0 Å². The summed E-state index contributed by atoms with van der Waals surface area (Å²) in [5, 5.41) is 2.89. The van der Waals surface area contributed by atoms with Crippen LogP contribution in [0.3, 0.4) is 0 Å². The van der Waals surface area contributed by atoms with Crippen molar-refractivity contribution in [1.29, 1.82) is 0 Å². The number of amides is 1. The molecule has 0 saturated heterocycles. The van der Waals surface area contributed by atoms with Crippen LogP contribution in [0.1, 0.15) is 37.0 Å². The van der Waals surface area contributed by atoms with Crippen LogP contribution in [0.25, 0.3) is 0 Å². The van der Waals surface area contributed by atoms with Crippen LogP contribution in [0, 0.1) is 0 Å². The molecule has 0 spiro atoms. The highest BCUT2D eigenvalue weighted by molar-refractivity contribution is 6.05. The SMILES string of the molecule is CCCN(CCC)c1cc(C(=O)Nc2cc(OC)c(OC)c(OC)c2)ccn1. The van der Waals surface area contributed by atoms with E-state index in [1.807, 2.05) is 6.07 Å². The Morgan fingerprint density at radius 1 is 1.00 bits per heavy atom. The van der Waals surface area contributed by atoms with Crippen molar-refractivity contribution in [3.63, 3.8) is 0 Å². The second-order valence-corrected chi connectivity index (χ2v) is 6.26. The average molecular weight is 387 g/mol. The second kappa shape index (κ2) is 10.4. The van der Waals surface area contributed by atoms with E-state index in [1.165, 1.54) is 21.3 Å². The summed E-state index contributed by atoms with van der Waals surface area (Å²) in [6.07, 6.45) is 3.70. The molecule has 7 heteroatoms. The molecule has 28 heavy (non-hydrogen) atoms. The molecule has 1 aromatic carbocycles. The molecule has 0 radical (unpaired) electrons. The topological polar surface area (TPSA) is 72.9 Å². The number of hydrogen-bond donors (Lipinski definition) is 1. The fourth-order valence-electron chi connectivity index (χ4n) is 2.97. The normalized spacial score (nSPS) is 10.3. The van der Waals surface area contributed by atoms with Crippen LogP contribution in [0.4, 0.5) is 11.5 Å². The number of anilines is 2. The van der Waals surface area contributed by atoms with Crippen molar-refractivity contribution in [2.45, 2.75) is 26.7 Å². The molecule has 1 amide bonds. The van der Waals surface area contributed by atoms with Gasteiger partial charge in [0, 0.05) is 42.7 Å². The van der Waals surface area contributed by atoms with E-state index < -0.39 is 0 Å². The van der Waals surface area contributed by atoms with Gasteiger partial charge in [-0.15, -0.1) is 0 Å². The number of nitrogens with one attached hydrogen (secondary N) is 1. The van der Waals surface area contributed by atoms with Crippen LogP contribution in [-0.2, 0) is 0 Å². The van der Waals surface area contributed by atoms with Gasteiger partial charge in [0.15, 0.2) is 11.5 Å². The van der Waals surface area contributed by atoms with Gasteiger partial charge in [0.05, 0.1) is 21.3 Å². The molecule has 0 bridgehead atoms. The molecule has 0 saturated carbocycles. The maximum Gasteiger partial charge on any atom is 0.255 e. The lowest BCUT2D eigenvalue weighted by atomic mass is 10.2. The molecule has 0 aliphatic carbocycles. The van der Waals surface area contributed by atoms with Gasteiger partial charge in [-0.25, -0.2) is 4.98 Å². The van der Waals surface area contributed by atoms with Crippen LogP contribution in [0.2, 0.25) is 0 Å². The first-order valence-corrected chi connectivity index (χ1v) is 9.40. The largest absolute Gasteiger partial charge is 0.493 e. The monoisotopic (exact) mass is 387 g/mol. The molecule has 152 valence electrons. The summed E-state index contributed by atoms with van der Waals surface area (Å²) in [6, 6.07) is 6.91. The number of methoxy groups -OCH3 is 3. The highest BCUT2D eigenvalue weighted by Gasteiger charge is 2.16. The van der Waals surface area contributed by atoms with Crippen LogP contribution >= 0.6 is 0 Å². The van der Waals surface area contributed by atoms with Crippen molar-refractivity contribution >= 4 is 17.4 Å². The van der Waals surface area contributed by atoms with Gasteiger partial charge < -0.3 is 24.4 Å². The van der Waals surface area contributed by atoms with E-state index in [2.05, 4.69) is 29.0 Å². The van der Waals surface area contributed by atoms with Gasteiger partial charge in [-0.05, 0) is 25.0 Å². The lowest BCUT2D eigenvalue weighted by molar-refractivity contribution is 0.102. The molecule has 0 aliphatic heterocycles. The lowest BCUT2D eigenvalue weighted by Crippen LogP contribution is -2.26.